The molecule has 0 unspecified atom stereocenters. The maximum absolute atomic E-state index is 14.0. The molecule has 10 heteroatoms. The van der Waals surface area contributed by atoms with Crippen molar-refractivity contribution in [3.05, 3.63) is 95.0 Å². The van der Waals surface area contributed by atoms with Gasteiger partial charge in [0.25, 0.3) is 0 Å². The van der Waals surface area contributed by atoms with Crippen LogP contribution in [0.5, 0.6) is 5.75 Å². The molecule has 0 heterocycles. The van der Waals surface area contributed by atoms with E-state index in [-0.39, 0.29) is 43.8 Å². The largest absolute Gasteiger partial charge is 0.497 e. The summed E-state index contributed by atoms with van der Waals surface area (Å²) in [5.74, 6) is 0.206. The Labute approximate surface area is 260 Å². The molecule has 2 amide bonds. The van der Waals surface area contributed by atoms with Crippen LogP contribution in [0, 0.1) is 0 Å². The average Bonchev–Trinajstić information content (AvgIpc) is 3.50. The number of amides is 2. The van der Waals surface area contributed by atoms with E-state index >= 15 is 0 Å². The number of nitrogens with one attached hydrogen (secondary N) is 1. The number of hydrogen-bond donors (Lipinski definition) is 1. The summed E-state index contributed by atoms with van der Waals surface area (Å²) in [5.41, 5.74) is 2.24. The molecule has 4 rings (SSSR count). The van der Waals surface area contributed by atoms with E-state index in [0.29, 0.717) is 22.9 Å². The van der Waals surface area contributed by atoms with Crippen molar-refractivity contribution in [2.24, 2.45) is 0 Å². The zero-order chi connectivity index (χ0) is 30.8. The molecule has 0 saturated heterocycles. The van der Waals surface area contributed by atoms with Crippen LogP contribution in [0.1, 0.15) is 49.7 Å². The molecular formula is C33H40ClN3O5S. The SMILES string of the molecule is COc1ccc(N(CCCC(=O)N(Cc2cccc(Cl)c2)[C@H](Cc2ccccc2)C(=O)NC2CCCC2)S(C)(=O)=O)cc1. The lowest BCUT2D eigenvalue weighted by Crippen LogP contribution is -2.52. The van der Waals surface area contributed by atoms with E-state index in [1.807, 2.05) is 42.5 Å². The van der Waals surface area contributed by atoms with Crippen molar-refractivity contribution < 1.29 is 22.7 Å². The fourth-order valence-corrected chi connectivity index (χ4v) is 6.68. The van der Waals surface area contributed by atoms with Crippen molar-refractivity contribution in [1.82, 2.24) is 10.2 Å². The Kier molecular flexibility index (Phi) is 11.5. The predicted octanol–water partition coefficient (Wildman–Crippen LogP) is 5.59. The third-order valence-corrected chi connectivity index (χ3v) is 9.16. The van der Waals surface area contributed by atoms with Gasteiger partial charge in [0.1, 0.15) is 11.8 Å². The summed E-state index contributed by atoms with van der Waals surface area (Å²) in [6, 6.07) is 23.0. The highest BCUT2D eigenvalue weighted by molar-refractivity contribution is 7.92. The second-order valence-corrected chi connectivity index (χ2v) is 13.3. The minimum absolute atomic E-state index is 0.0603. The Morgan fingerprint density at radius 1 is 0.977 bits per heavy atom. The molecule has 1 N–H and O–H groups in total. The van der Waals surface area contributed by atoms with Crippen LogP contribution in [-0.2, 0) is 32.6 Å². The molecular weight excluding hydrogens is 586 g/mol. The number of ether oxygens (including phenoxy) is 1. The van der Waals surface area contributed by atoms with Crippen molar-refractivity contribution in [3.63, 3.8) is 0 Å². The summed E-state index contributed by atoms with van der Waals surface area (Å²) in [7, 11) is -2.06. The van der Waals surface area contributed by atoms with Crippen LogP contribution < -0.4 is 14.4 Å². The molecule has 0 radical (unpaired) electrons. The van der Waals surface area contributed by atoms with E-state index in [2.05, 4.69) is 5.32 Å². The number of carbonyl (C=O) groups is 2. The number of carbonyl (C=O) groups excluding carboxylic acids is 2. The third-order valence-electron chi connectivity index (χ3n) is 7.73. The first kappa shape index (κ1) is 32.4. The quantitative estimate of drug-likeness (QED) is 0.252. The first-order chi connectivity index (χ1) is 20.6. The Morgan fingerprint density at radius 2 is 1.65 bits per heavy atom. The highest BCUT2D eigenvalue weighted by atomic mass is 35.5. The van der Waals surface area contributed by atoms with Gasteiger partial charge in [-0.25, -0.2) is 8.42 Å². The number of nitrogens with zero attached hydrogens (tertiary/aromatic N) is 2. The predicted molar refractivity (Wildman–Crippen MR) is 171 cm³/mol. The van der Waals surface area contributed by atoms with Gasteiger partial charge in [-0.05, 0) is 66.8 Å². The first-order valence-corrected chi connectivity index (χ1v) is 16.9. The van der Waals surface area contributed by atoms with Crippen LogP contribution in [0.25, 0.3) is 0 Å². The van der Waals surface area contributed by atoms with Gasteiger partial charge in [-0.1, -0.05) is 66.9 Å². The molecule has 1 fully saturated rings. The summed E-state index contributed by atoms with van der Waals surface area (Å²) in [6.07, 6.45) is 5.84. The molecule has 1 aliphatic carbocycles. The number of halogens is 1. The van der Waals surface area contributed by atoms with Crippen molar-refractivity contribution in [3.8, 4) is 5.75 Å². The maximum Gasteiger partial charge on any atom is 0.243 e. The molecule has 8 nitrogen and oxygen atoms in total. The smallest absolute Gasteiger partial charge is 0.243 e. The third kappa shape index (κ3) is 9.46. The number of sulfonamides is 1. The van der Waals surface area contributed by atoms with Gasteiger partial charge in [-0.2, -0.15) is 0 Å². The van der Waals surface area contributed by atoms with E-state index in [0.717, 1.165) is 43.1 Å². The Bertz CT molecular complexity index is 1460. The van der Waals surface area contributed by atoms with Crippen molar-refractivity contribution in [1.29, 1.82) is 0 Å². The van der Waals surface area contributed by atoms with Crippen molar-refractivity contribution in [2.45, 2.75) is 63.6 Å². The Morgan fingerprint density at radius 3 is 2.28 bits per heavy atom. The Balaban J connectivity index is 1.57. The molecule has 0 aliphatic heterocycles. The van der Waals surface area contributed by atoms with Crippen LogP contribution in [0.3, 0.4) is 0 Å². The molecule has 1 saturated carbocycles. The van der Waals surface area contributed by atoms with Gasteiger partial charge < -0.3 is 15.0 Å². The van der Waals surface area contributed by atoms with Crippen LogP contribution in [0.2, 0.25) is 5.02 Å². The second kappa shape index (κ2) is 15.3. The second-order valence-electron chi connectivity index (χ2n) is 11.0. The van der Waals surface area contributed by atoms with Crippen LogP contribution >= 0.6 is 11.6 Å². The van der Waals surface area contributed by atoms with E-state index in [1.54, 1.807) is 48.4 Å². The molecule has 0 aromatic heterocycles. The molecule has 1 atom stereocenters. The number of anilines is 1. The molecule has 3 aromatic carbocycles. The fraction of sp³-hybridized carbons (Fsp3) is 0.394. The fourth-order valence-electron chi connectivity index (χ4n) is 5.51. The lowest BCUT2D eigenvalue weighted by Gasteiger charge is -2.33. The standard InChI is InChI=1S/C33H40ClN3O5S/c1-42-30-19-17-29(18-20-30)37(43(2,40)41)21-9-16-32(38)36(24-26-12-8-13-27(34)22-26)31(23-25-10-4-3-5-11-25)33(39)35-28-14-6-7-15-28/h3-5,8,10-13,17-20,22,28,31H,6-7,9,14-16,21,23-24H2,1-2H3,(H,35,39)/t31-/m1/s1. The minimum Gasteiger partial charge on any atom is -0.497 e. The summed E-state index contributed by atoms with van der Waals surface area (Å²) in [6.45, 7) is 0.308. The van der Waals surface area contributed by atoms with Crippen LogP contribution in [0.15, 0.2) is 78.9 Å². The normalized spacial score (nSPS) is 14.2. The zero-order valence-corrected chi connectivity index (χ0v) is 26.3. The van der Waals surface area contributed by atoms with Crippen LogP contribution in [0.4, 0.5) is 5.69 Å². The Hall–Kier alpha value is -3.56. The highest BCUT2D eigenvalue weighted by Gasteiger charge is 2.32. The highest BCUT2D eigenvalue weighted by Crippen LogP contribution is 2.24. The summed E-state index contributed by atoms with van der Waals surface area (Å²) in [4.78, 5) is 29.4. The number of benzene rings is 3. The minimum atomic E-state index is -3.60. The molecule has 1 aliphatic rings. The molecule has 0 bridgehead atoms. The lowest BCUT2D eigenvalue weighted by atomic mass is 10.0. The van der Waals surface area contributed by atoms with Gasteiger partial charge in [0.2, 0.25) is 21.8 Å². The number of rotatable bonds is 14. The average molecular weight is 626 g/mol. The molecule has 0 spiro atoms. The summed E-state index contributed by atoms with van der Waals surface area (Å²) < 4.78 is 31.8. The summed E-state index contributed by atoms with van der Waals surface area (Å²) in [5, 5.41) is 3.74. The maximum atomic E-state index is 14.0. The zero-order valence-electron chi connectivity index (χ0n) is 24.7. The first-order valence-electron chi connectivity index (χ1n) is 14.6. The molecule has 3 aromatic rings. The molecule has 230 valence electrons. The summed E-state index contributed by atoms with van der Waals surface area (Å²) >= 11 is 6.28. The van der Waals surface area contributed by atoms with Gasteiger partial charge in [0.05, 0.1) is 19.1 Å². The van der Waals surface area contributed by atoms with Crippen molar-refractivity contribution in [2.75, 3.05) is 24.2 Å². The van der Waals surface area contributed by atoms with E-state index in [1.165, 1.54) is 4.31 Å². The topological polar surface area (TPSA) is 96.0 Å². The van der Waals surface area contributed by atoms with E-state index in [9.17, 15) is 18.0 Å². The molecule has 43 heavy (non-hydrogen) atoms. The monoisotopic (exact) mass is 625 g/mol. The van der Waals surface area contributed by atoms with Crippen molar-refractivity contribution >= 4 is 39.1 Å². The number of methoxy groups -OCH3 is 1. The van der Waals surface area contributed by atoms with Gasteiger partial charge in [0.15, 0.2) is 0 Å². The number of hydrogen-bond acceptors (Lipinski definition) is 5. The van der Waals surface area contributed by atoms with Gasteiger partial charge in [-0.3, -0.25) is 13.9 Å². The lowest BCUT2D eigenvalue weighted by molar-refractivity contribution is -0.141. The van der Waals surface area contributed by atoms with Gasteiger partial charge >= 0.3 is 0 Å². The van der Waals surface area contributed by atoms with Crippen LogP contribution in [-0.4, -0.2) is 57.1 Å². The van der Waals surface area contributed by atoms with Gasteiger partial charge in [0, 0.05) is 37.0 Å². The van der Waals surface area contributed by atoms with E-state index < -0.39 is 16.1 Å². The van der Waals surface area contributed by atoms with E-state index in [4.69, 9.17) is 16.3 Å². The van der Waals surface area contributed by atoms with Gasteiger partial charge in [-0.15, -0.1) is 0 Å².